The number of aryl methyl sites for hydroxylation is 1. The Morgan fingerprint density at radius 3 is 2.50 bits per heavy atom. The number of imidazole rings is 1. The number of carbonyl (C=O) groups is 1. The Bertz CT molecular complexity index is 617. The van der Waals surface area contributed by atoms with Crippen molar-refractivity contribution < 1.29 is 9.53 Å². The lowest BCUT2D eigenvalue weighted by Gasteiger charge is -2.23. The highest BCUT2D eigenvalue weighted by molar-refractivity contribution is 5.76. The number of nitrogens with one attached hydrogen (secondary N) is 1. The lowest BCUT2D eigenvalue weighted by Crippen LogP contribution is -2.34. The van der Waals surface area contributed by atoms with Crippen LogP contribution in [0.3, 0.4) is 0 Å². The second-order valence-corrected chi connectivity index (χ2v) is 5.66. The summed E-state index contributed by atoms with van der Waals surface area (Å²) >= 11 is 0. The summed E-state index contributed by atoms with van der Waals surface area (Å²) in [6, 6.07) is 7.79. The van der Waals surface area contributed by atoms with Crippen LogP contribution >= 0.6 is 0 Å². The molecule has 1 N–H and O–H groups in total. The van der Waals surface area contributed by atoms with Crippen LogP contribution in [0.4, 0.5) is 0 Å². The van der Waals surface area contributed by atoms with Gasteiger partial charge in [-0.25, -0.2) is 4.98 Å². The molecule has 1 amide bonds. The van der Waals surface area contributed by atoms with Crippen LogP contribution in [0.1, 0.15) is 31.3 Å². The van der Waals surface area contributed by atoms with Crippen molar-refractivity contribution in [3.8, 4) is 5.75 Å². The Morgan fingerprint density at radius 1 is 1.32 bits per heavy atom. The van der Waals surface area contributed by atoms with Gasteiger partial charge >= 0.3 is 0 Å². The monoisotopic (exact) mass is 301 g/mol. The lowest BCUT2D eigenvalue weighted by atomic mass is 9.96. The number of methoxy groups -OCH3 is 1. The molecule has 1 atom stereocenters. The van der Waals surface area contributed by atoms with Crippen LogP contribution in [0.2, 0.25) is 0 Å². The number of nitrogens with zero attached hydrogens (tertiary/aromatic N) is 2. The summed E-state index contributed by atoms with van der Waals surface area (Å²) in [5.41, 5.74) is 1.08. The van der Waals surface area contributed by atoms with E-state index in [1.165, 1.54) is 0 Å². The molecule has 1 aromatic heterocycles. The fourth-order valence-corrected chi connectivity index (χ4v) is 2.39. The summed E-state index contributed by atoms with van der Waals surface area (Å²) in [5.74, 6) is 1.92. The van der Waals surface area contributed by atoms with Gasteiger partial charge in [0.05, 0.1) is 13.2 Å². The van der Waals surface area contributed by atoms with Crippen LogP contribution in [0, 0.1) is 12.8 Å². The topological polar surface area (TPSA) is 56.1 Å². The molecule has 118 valence electrons. The van der Waals surface area contributed by atoms with E-state index in [4.69, 9.17) is 4.74 Å². The van der Waals surface area contributed by atoms with Gasteiger partial charge in [-0.15, -0.1) is 0 Å². The third kappa shape index (κ3) is 3.87. The highest BCUT2D eigenvalue weighted by Crippen LogP contribution is 2.23. The zero-order chi connectivity index (χ0) is 16.1. The zero-order valence-electron chi connectivity index (χ0n) is 13.5. The number of ether oxygens (including phenoxy) is 1. The second-order valence-electron chi connectivity index (χ2n) is 5.66. The summed E-state index contributed by atoms with van der Waals surface area (Å²) in [5, 5.41) is 3.11. The van der Waals surface area contributed by atoms with Crippen molar-refractivity contribution in [2.75, 3.05) is 7.11 Å². The predicted octanol–water partition coefficient (Wildman–Crippen LogP) is 2.71. The fraction of sp³-hybridized carbons (Fsp3) is 0.412. The number of amides is 1. The van der Waals surface area contributed by atoms with Gasteiger partial charge in [0.2, 0.25) is 5.91 Å². The van der Waals surface area contributed by atoms with Crippen LogP contribution in [0.15, 0.2) is 36.7 Å². The van der Waals surface area contributed by atoms with Crippen LogP contribution in [0.5, 0.6) is 5.75 Å². The van der Waals surface area contributed by atoms with Crippen molar-refractivity contribution in [3.63, 3.8) is 0 Å². The molecule has 2 rings (SSSR count). The van der Waals surface area contributed by atoms with E-state index >= 15 is 0 Å². The normalized spacial score (nSPS) is 12.2. The molecule has 0 spiro atoms. The van der Waals surface area contributed by atoms with Gasteiger partial charge in [-0.3, -0.25) is 4.79 Å². The molecule has 2 aromatic rings. The van der Waals surface area contributed by atoms with E-state index in [2.05, 4.69) is 24.1 Å². The molecule has 0 saturated carbocycles. The number of benzene rings is 1. The average molecular weight is 301 g/mol. The van der Waals surface area contributed by atoms with E-state index < -0.39 is 0 Å². The van der Waals surface area contributed by atoms with Crippen LogP contribution in [0.25, 0.3) is 0 Å². The van der Waals surface area contributed by atoms with Crippen LogP contribution < -0.4 is 10.1 Å². The molecule has 0 saturated heterocycles. The number of carbonyl (C=O) groups excluding carboxylic acids is 1. The maximum atomic E-state index is 12.3. The van der Waals surface area contributed by atoms with Crippen LogP contribution in [-0.2, 0) is 11.3 Å². The Kier molecular flexibility index (Phi) is 5.20. The van der Waals surface area contributed by atoms with Crippen molar-refractivity contribution in [1.82, 2.24) is 14.9 Å². The highest BCUT2D eigenvalue weighted by atomic mass is 16.5. The van der Waals surface area contributed by atoms with E-state index in [-0.39, 0.29) is 18.5 Å². The molecular weight excluding hydrogens is 278 g/mol. The Morgan fingerprint density at radius 2 is 2.00 bits per heavy atom. The third-order valence-electron chi connectivity index (χ3n) is 3.70. The van der Waals surface area contributed by atoms with Crippen molar-refractivity contribution in [2.45, 2.75) is 33.4 Å². The molecule has 0 unspecified atom stereocenters. The maximum Gasteiger partial charge on any atom is 0.240 e. The second kappa shape index (κ2) is 7.11. The minimum atomic E-state index is -0.0257. The molecule has 0 aliphatic carbocycles. The van der Waals surface area contributed by atoms with Gasteiger partial charge in [-0.05, 0) is 30.5 Å². The molecule has 0 aliphatic rings. The fourth-order valence-electron chi connectivity index (χ4n) is 2.39. The average Bonchev–Trinajstić information content (AvgIpc) is 2.90. The summed E-state index contributed by atoms with van der Waals surface area (Å²) in [4.78, 5) is 16.4. The van der Waals surface area contributed by atoms with Gasteiger partial charge in [-0.2, -0.15) is 0 Å². The van der Waals surface area contributed by atoms with Gasteiger partial charge < -0.3 is 14.6 Å². The molecule has 22 heavy (non-hydrogen) atoms. The van der Waals surface area contributed by atoms with Crippen molar-refractivity contribution in [2.24, 2.45) is 5.92 Å². The molecule has 0 fully saturated rings. The zero-order valence-corrected chi connectivity index (χ0v) is 13.5. The molecular formula is C17H23N3O2. The summed E-state index contributed by atoms with van der Waals surface area (Å²) in [6.45, 7) is 6.36. The SMILES string of the molecule is COc1ccc([C@@H](NC(=O)Cn2ccnc2C)C(C)C)cc1. The Hall–Kier alpha value is -2.30. The quantitative estimate of drug-likeness (QED) is 0.892. The van der Waals surface area contributed by atoms with Crippen molar-refractivity contribution >= 4 is 5.91 Å². The number of hydrogen-bond acceptors (Lipinski definition) is 3. The summed E-state index contributed by atoms with van der Waals surface area (Å²) in [6.07, 6.45) is 3.51. The van der Waals surface area contributed by atoms with Gasteiger partial charge in [0, 0.05) is 12.4 Å². The molecule has 1 aromatic carbocycles. The number of hydrogen-bond donors (Lipinski definition) is 1. The Labute approximate surface area is 131 Å². The first kappa shape index (κ1) is 16.1. The standard InChI is InChI=1S/C17H23N3O2/c1-12(2)17(14-5-7-15(22-4)8-6-14)19-16(21)11-20-10-9-18-13(20)3/h5-10,12,17H,11H2,1-4H3,(H,19,21)/t17-/m0/s1. The minimum Gasteiger partial charge on any atom is -0.497 e. The van der Waals surface area contributed by atoms with E-state index in [0.717, 1.165) is 17.1 Å². The maximum absolute atomic E-state index is 12.3. The van der Waals surface area contributed by atoms with E-state index in [1.807, 2.05) is 42.0 Å². The molecule has 1 heterocycles. The van der Waals surface area contributed by atoms with Gasteiger partial charge in [0.25, 0.3) is 0 Å². The molecule has 5 heteroatoms. The molecule has 0 bridgehead atoms. The van der Waals surface area contributed by atoms with Gasteiger partial charge in [0.1, 0.15) is 18.1 Å². The van der Waals surface area contributed by atoms with Crippen molar-refractivity contribution in [3.05, 3.63) is 48.0 Å². The summed E-state index contributed by atoms with van der Waals surface area (Å²) < 4.78 is 7.01. The molecule has 5 nitrogen and oxygen atoms in total. The number of aromatic nitrogens is 2. The largest absolute Gasteiger partial charge is 0.497 e. The first-order valence-corrected chi connectivity index (χ1v) is 7.42. The smallest absolute Gasteiger partial charge is 0.240 e. The molecule has 0 aliphatic heterocycles. The number of rotatable bonds is 6. The van der Waals surface area contributed by atoms with Crippen molar-refractivity contribution in [1.29, 1.82) is 0 Å². The highest BCUT2D eigenvalue weighted by Gasteiger charge is 2.18. The van der Waals surface area contributed by atoms with E-state index in [0.29, 0.717) is 5.92 Å². The van der Waals surface area contributed by atoms with Gasteiger partial charge in [0.15, 0.2) is 0 Å². The predicted molar refractivity (Wildman–Crippen MR) is 85.7 cm³/mol. The first-order valence-electron chi connectivity index (χ1n) is 7.42. The third-order valence-corrected chi connectivity index (χ3v) is 3.70. The minimum absolute atomic E-state index is 0.0179. The Balaban J connectivity index is 2.07. The lowest BCUT2D eigenvalue weighted by molar-refractivity contribution is -0.122. The van der Waals surface area contributed by atoms with E-state index in [1.54, 1.807) is 13.3 Å². The van der Waals surface area contributed by atoms with Gasteiger partial charge in [-0.1, -0.05) is 26.0 Å². The summed E-state index contributed by atoms with van der Waals surface area (Å²) in [7, 11) is 1.64. The first-order chi connectivity index (χ1) is 10.5. The van der Waals surface area contributed by atoms with Crippen LogP contribution in [-0.4, -0.2) is 22.6 Å². The van der Waals surface area contributed by atoms with E-state index in [9.17, 15) is 4.79 Å². The molecule has 0 radical (unpaired) electrons.